The first-order chi connectivity index (χ1) is 7.72. The van der Waals surface area contributed by atoms with Gasteiger partial charge in [-0.1, -0.05) is 101 Å². The minimum absolute atomic E-state index is 0.935. The fourth-order valence-electron chi connectivity index (χ4n) is 0.789. The summed E-state index contributed by atoms with van der Waals surface area (Å²) in [6.07, 6.45) is 8.20. The molecule has 0 nitrogen and oxygen atoms in total. The molecule has 0 aromatic heterocycles. The van der Waals surface area contributed by atoms with E-state index in [2.05, 4.69) is 34.6 Å². The molecule has 0 aromatic rings. The van der Waals surface area contributed by atoms with Gasteiger partial charge in [-0.15, -0.1) is 0 Å². The van der Waals surface area contributed by atoms with Gasteiger partial charge in [0.1, 0.15) is 0 Å². The number of unbranched alkanes of at least 4 members (excludes halogenated alkanes) is 3. The van der Waals surface area contributed by atoms with Crippen LogP contribution < -0.4 is 0 Å². The zero-order valence-corrected chi connectivity index (χ0v) is 13.8. The van der Waals surface area contributed by atoms with Gasteiger partial charge in [-0.25, -0.2) is 0 Å². The SMILES string of the molecule is CC.CC.CCC(C)CC.CCCCCC. The van der Waals surface area contributed by atoms with Crippen molar-refractivity contribution >= 4 is 0 Å². The summed E-state index contributed by atoms with van der Waals surface area (Å²) in [4.78, 5) is 0. The van der Waals surface area contributed by atoms with Crippen LogP contribution in [0, 0.1) is 5.92 Å². The number of hydrogen-bond donors (Lipinski definition) is 0. The van der Waals surface area contributed by atoms with Gasteiger partial charge in [0.15, 0.2) is 0 Å². The second kappa shape index (κ2) is 36.3. The van der Waals surface area contributed by atoms with Gasteiger partial charge in [0.05, 0.1) is 0 Å². The molecule has 0 bridgehead atoms. The van der Waals surface area contributed by atoms with E-state index in [9.17, 15) is 0 Å². The summed E-state index contributed by atoms with van der Waals surface area (Å²) in [5.41, 5.74) is 0. The zero-order valence-electron chi connectivity index (χ0n) is 13.8. The molecule has 104 valence electrons. The van der Waals surface area contributed by atoms with Gasteiger partial charge in [0, 0.05) is 0 Å². The Hall–Kier alpha value is 0. The maximum Gasteiger partial charge on any atom is -0.0448 e. The Morgan fingerprint density at radius 1 is 0.625 bits per heavy atom. The van der Waals surface area contributed by atoms with Crippen LogP contribution >= 0.6 is 0 Å². The second-order valence-corrected chi connectivity index (χ2v) is 3.63. The first-order valence-electron chi connectivity index (χ1n) is 7.72. The molecule has 0 aromatic carbocycles. The molecule has 0 rings (SSSR count). The Labute approximate surface area is 107 Å². The van der Waals surface area contributed by atoms with Crippen molar-refractivity contribution in [3.8, 4) is 0 Å². The molecule has 0 amide bonds. The summed E-state index contributed by atoms with van der Waals surface area (Å²) < 4.78 is 0. The van der Waals surface area contributed by atoms with E-state index in [-0.39, 0.29) is 0 Å². The topological polar surface area (TPSA) is 0 Å². The fraction of sp³-hybridized carbons (Fsp3) is 1.00. The molecule has 16 heavy (non-hydrogen) atoms. The average Bonchev–Trinajstić information content (AvgIpc) is 2.40. The molecule has 0 atom stereocenters. The second-order valence-electron chi connectivity index (χ2n) is 3.63. The molecular weight excluding hydrogens is 192 g/mol. The monoisotopic (exact) mass is 232 g/mol. The van der Waals surface area contributed by atoms with E-state index in [1.807, 2.05) is 27.7 Å². The molecule has 0 heterocycles. The van der Waals surface area contributed by atoms with Crippen molar-refractivity contribution in [2.24, 2.45) is 5.92 Å². The summed E-state index contributed by atoms with van der Waals surface area (Å²) in [5.74, 6) is 0.935. The van der Waals surface area contributed by atoms with Gasteiger partial charge in [-0.2, -0.15) is 0 Å². The Kier molecular flexibility index (Phi) is 56.7. The zero-order chi connectivity index (χ0) is 13.8. The molecule has 0 radical (unpaired) electrons. The predicted molar refractivity (Wildman–Crippen MR) is 82.3 cm³/mol. The molecule has 0 aliphatic heterocycles. The highest BCUT2D eigenvalue weighted by Gasteiger charge is 1.88. The first kappa shape index (κ1) is 25.0. The molecule has 0 saturated carbocycles. The van der Waals surface area contributed by atoms with E-state index in [1.165, 1.54) is 38.5 Å². The van der Waals surface area contributed by atoms with Crippen molar-refractivity contribution in [1.82, 2.24) is 0 Å². The number of rotatable bonds is 5. The quantitative estimate of drug-likeness (QED) is 0.444. The van der Waals surface area contributed by atoms with Crippen LogP contribution in [-0.2, 0) is 0 Å². The lowest BCUT2D eigenvalue weighted by atomic mass is 10.1. The van der Waals surface area contributed by atoms with Gasteiger partial charge in [0.2, 0.25) is 0 Å². The van der Waals surface area contributed by atoms with Gasteiger partial charge in [0.25, 0.3) is 0 Å². The largest absolute Gasteiger partial charge is 0.0683 e. The van der Waals surface area contributed by atoms with E-state index in [0.29, 0.717) is 0 Å². The Bertz CT molecular complexity index is 49.1. The van der Waals surface area contributed by atoms with Gasteiger partial charge in [-0.3, -0.25) is 0 Å². The summed E-state index contributed by atoms with van der Waals surface area (Å²) in [6.45, 7) is 19.2. The van der Waals surface area contributed by atoms with Crippen LogP contribution in [0.3, 0.4) is 0 Å². The third kappa shape index (κ3) is 48.3. The highest BCUT2D eigenvalue weighted by Crippen LogP contribution is 2.02. The van der Waals surface area contributed by atoms with E-state index < -0.39 is 0 Å². The molecular formula is C16H40. The van der Waals surface area contributed by atoms with Gasteiger partial charge >= 0.3 is 0 Å². The normalized spacial score (nSPS) is 7.88. The van der Waals surface area contributed by atoms with Crippen LogP contribution in [0.15, 0.2) is 0 Å². The van der Waals surface area contributed by atoms with Gasteiger partial charge in [-0.05, 0) is 5.92 Å². The van der Waals surface area contributed by atoms with Gasteiger partial charge < -0.3 is 0 Å². The summed E-state index contributed by atoms with van der Waals surface area (Å²) in [5, 5.41) is 0. The van der Waals surface area contributed by atoms with E-state index in [4.69, 9.17) is 0 Å². The summed E-state index contributed by atoms with van der Waals surface area (Å²) in [6, 6.07) is 0. The molecule has 0 heteroatoms. The standard InChI is InChI=1S/2C6H14.2C2H6/c1-4-6(3)5-2;1-3-5-6-4-2;2*1-2/h6H,4-5H2,1-3H3;3-6H2,1-2H3;2*1-2H3. The molecule has 0 N–H and O–H groups in total. The molecule has 0 saturated heterocycles. The van der Waals surface area contributed by atoms with Crippen molar-refractivity contribution in [3.05, 3.63) is 0 Å². The molecule has 0 aliphatic rings. The first-order valence-corrected chi connectivity index (χ1v) is 7.72. The Balaban J connectivity index is -0.0000000686. The van der Waals surface area contributed by atoms with E-state index >= 15 is 0 Å². The minimum atomic E-state index is 0.935. The molecule has 0 aliphatic carbocycles. The predicted octanol–water partition coefficient (Wildman–Crippen LogP) is 7.08. The van der Waals surface area contributed by atoms with Crippen molar-refractivity contribution < 1.29 is 0 Å². The van der Waals surface area contributed by atoms with Crippen molar-refractivity contribution in [1.29, 1.82) is 0 Å². The minimum Gasteiger partial charge on any atom is -0.0683 e. The molecule has 0 fully saturated rings. The van der Waals surface area contributed by atoms with Crippen LogP contribution in [0.4, 0.5) is 0 Å². The lowest BCUT2D eigenvalue weighted by molar-refractivity contribution is 0.544. The fourth-order valence-corrected chi connectivity index (χ4v) is 0.789. The highest BCUT2D eigenvalue weighted by molar-refractivity contribution is 4.41. The summed E-state index contributed by atoms with van der Waals surface area (Å²) >= 11 is 0. The average molecular weight is 232 g/mol. The van der Waals surface area contributed by atoms with Crippen molar-refractivity contribution in [2.75, 3.05) is 0 Å². The molecule has 0 spiro atoms. The van der Waals surface area contributed by atoms with Crippen molar-refractivity contribution in [2.45, 2.75) is 101 Å². The highest BCUT2D eigenvalue weighted by atomic mass is 13.9. The third-order valence-electron chi connectivity index (χ3n) is 2.35. The van der Waals surface area contributed by atoms with Crippen LogP contribution in [0.25, 0.3) is 0 Å². The lowest BCUT2D eigenvalue weighted by Crippen LogP contribution is -1.85. The van der Waals surface area contributed by atoms with Crippen LogP contribution in [0.2, 0.25) is 0 Å². The maximum atomic E-state index is 2.28. The molecule has 0 unspecified atom stereocenters. The summed E-state index contributed by atoms with van der Waals surface area (Å²) in [7, 11) is 0. The number of hydrogen-bond acceptors (Lipinski definition) is 0. The third-order valence-corrected chi connectivity index (χ3v) is 2.35. The van der Waals surface area contributed by atoms with E-state index in [1.54, 1.807) is 0 Å². The Morgan fingerprint density at radius 3 is 0.938 bits per heavy atom. The van der Waals surface area contributed by atoms with Crippen LogP contribution in [-0.4, -0.2) is 0 Å². The van der Waals surface area contributed by atoms with Crippen molar-refractivity contribution in [3.63, 3.8) is 0 Å². The van der Waals surface area contributed by atoms with Crippen LogP contribution in [0.5, 0.6) is 0 Å². The smallest absolute Gasteiger partial charge is 0.0448 e. The maximum absolute atomic E-state index is 2.28. The van der Waals surface area contributed by atoms with E-state index in [0.717, 1.165) is 5.92 Å². The lowest BCUT2D eigenvalue weighted by Gasteiger charge is -1.98. The van der Waals surface area contributed by atoms with Crippen LogP contribution in [0.1, 0.15) is 101 Å². The Morgan fingerprint density at radius 2 is 0.875 bits per heavy atom.